The lowest BCUT2D eigenvalue weighted by Crippen LogP contribution is -2.12. The third-order valence-corrected chi connectivity index (χ3v) is 2.94. The first-order valence-corrected chi connectivity index (χ1v) is 4.04. The van der Waals surface area contributed by atoms with Crippen molar-refractivity contribution in [2.45, 2.75) is 38.2 Å². The fourth-order valence-electron chi connectivity index (χ4n) is 2.43. The van der Waals surface area contributed by atoms with E-state index in [1.54, 1.807) is 0 Å². The van der Waals surface area contributed by atoms with Gasteiger partial charge in [0, 0.05) is 0 Å². The second kappa shape index (κ2) is 1.98. The highest BCUT2D eigenvalue weighted by atomic mass is 16.3. The third-order valence-electron chi connectivity index (χ3n) is 2.94. The van der Waals surface area contributed by atoms with Crippen LogP contribution < -0.4 is 0 Å². The molecule has 0 aromatic rings. The molecular formula is C8H14O. The van der Waals surface area contributed by atoms with E-state index in [1.165, 1.54) is 25.7 Å². The van der Waals surface area contributed by atoms with Gasteiger partial charge in [-0.05, 0) is 31.1 Å². The van der Waals surface area contributed by atoms with Crippen LogP contribution in [0.1, 0.15) is 32.1 Å². The predicted molar refractivity (Wildman–Crippen MR) is 36.1 cm³/mol. The first-order valence-electron chi connectivity index (χ1n) is 4.04. The van der Waals surface area contributed by atoms with Crippen molar-refractivity contribution >= 4 is 0 Å². The van der Waals surface area contributed by atoms with E-state index in [0.29, 0.717) is 5.92 Å². The van der Waals surface area contributed by atoms with Gasteiger partial charge in [0.2, 0.25) is 0 Å². The molecule has 1 N–H and O–H groups in total. The molecule has 0 amide bonds. The van der Waals surface area contributed by atoms with Gasteiger partial charge in [0.25, 0.3) is 0 Å². The van der Waals surface area contributed by atoms with E-state index in [1.807, 2.05) is 0 Å². The standard InChI is InChI=1S/C8H14O/c9-8-5-6-2-1-3-7(8)4-6/h6-9H,1-5H2/t6-,7+,8+/m1/s1. The van der Waals surface area contributed by atoms with Crippen LogP contribution >= 0.6 is 0 Å². The van der Waals surface area contributed by atoms with Crippen LogP contribution in [0.4, 0.5) is 0 Å². The van der Waals surface area contributed by atoms with Crippen molar-refractivity contribution in [2.24, 2.45) is 11.8 Å². The van der Waals surface area contributed by atoms with Crippen molar-refractivity contribution in [1.29, 1.82) is 0 Å². The Hall–Kier alpha value is -0.0400. The summed E-state index contributed by atoms with van der Waals surface area (Å²) < 4.78 is 0. The molecule has 2 saturated carbocycles. The molecule has 0 unspecified atom stereocenters. The monoisotopic (exact) mass is 126 g/mol. The zero-order valence-electron chi connectivity index (χ0n) is 5.71. The average molecular weight is 126 g/mol. The number of rotatable bonds is 0. The summed E-state index contributed by atoms with van der Waals surface area (Å²) >= 11 is 0. The van der Waals surface area contributed by atoms with Gasteiger partial charge in [0.05, 0.1) is 6.10 Å². The van der Waals surface area contributed by atoms with E-state index in [0.717, 1.165) is 12.3 Å². The largest absolute Gasteiger partial charge is 0.393 e. The molecule has 2 fully saturated rings. The Morgan fingerprint density at radius 1 is 1.11 bits per heavy atom. The van der Waals surface area contributed by atoms with Gasteiger partial charge < -0.3 is 5.11 Å². The molecule has 0 saturated heterocycles. The smallest absolute Gasteiger partial charge is 0.0571 e. The highest BCUT2D eigenvalue weighted by molar-refractivity contribution is 4.86. The first-order chi connectivity index (χ1) is 4.36. The molecule has 2 bridgehead atoms. The Balaban J connectivity index is 2.07. The molecule has 0 aromatic heterocycles. The van der Waals surface area contributed by atoms with Crippen molar-refractivity contribution in [2.75, 3.05) is 0 Å². The van der Waals surface area contributed by atoms with Gasteiger partial charge in [0.15, 0.2) is 0 Å². The van der Waals surface area contributed by atoms with Crippen molar-refractivity contribution in [3.8, 4) is 0 Å². The zero-order valence-corrected chi connectivity index (χ0v) is 5.71. The van der Waals surface area contributed by atoms with Gasteiger partial charge in [-0.25, -0.2) is 0 Å². The topological polar surface area (TPSA) is 20.2 Å². The van der Waals surface area contributed by atoms with Crippen molar-refractivity contribution in [3.63, 3.8) is 0 Å². The van der Waals surface area contributed by atoms with Crippen LogP contribution in [0, 0.1) is 11.8 Å². The number of aliphatic hydroxyl groups is 1. The van der Waals surface area contributed by atoms with Crippen LogP contribution in [-0.4, -0.2) is 11.2 Å². The number of hydrogen-bond donors (Lipinski definition) is 1. The number of aliphatic hydroxyl groups excluding tert-OH is 1. The zero-order chi connectivity index (χ0) is 6.27. The maximum atomic E-state index is 9.40. The Morgan fingerprint density at radius 3 is 2.67 bits per heavy atom. The molecule has 52 valence electrons. The molecule has 0 spiro atoms. The van der Waals surface area contributed by atoms with Gasteiger partial charge in [-0.15, -0.1) is 0 Å². The molecule has 9 heavy (non-hydrogen) atoms. The van der Waals surface area contributed by atoms with Crippen LogP contribution in [0.5, 0.6) is 0 Å². The Bertz CT molecular complexity index is 109. The maximum Gasteiger partial charge on any atom is 0.0571 e. The first kappa shape index (κ1) is 5.72. The molecule has 3 atom stereocenters. The fourth-order valence-corrected chi connectivity index (χ4v) is 2.43. The molecule has 2 aliphatic carbocycles. The lowest BCUT2D eigenvalue weighted by Gasteiger charge is -2.17. The van der Waals surface area contributed by atoms with E-state index in [2.05, 4.69) is 0 Å². The molecule has 0 aliphatic heterocycles. The fraction of sp³-hybridized carbons (Fsp3) is 1.00. The second-order valence-electron chi connectivity index (χ2n) is 3.60. The van der Waals surface area contributed by atoms with Crippen molar-refractivity contribution < 1.29 is 5.11 Å². The highest BCUT2D eigenvalue weighted by Gasteiger charge is 2.35. The summed E-state index contributed by atoms with van der Waals surface area (Å²) in [5, 5.41) is 9.40. The second-order valence-corrected chi connectivity index (χ2v) is 3.60. The third kappa shape index (κ3) is 0.877. The average Bonchev–Trinajstić information content (AvgIpc) is 2.09. The summed E-state index contributed by atoms with van der Waals surface area (Å²) in [6.45, 7) is 0. The normalized spacial score (nSPS) is 49.7. The van der Waals surface area contributed by atoms with Gasteiger partial charge in [-0.2, -0.15) is 0 Å². The molecule has 2 rings (SSSR count). The Morgan fingerprint density at radius 2 is 2.00 bits per heavy atom. The van der Waals surface area contributed by atoms with Gasteiger partial charge in [-0.1, -0.05) is 12.8 Å². The van der Waals surface area contributed by atoms with E-state index in [9.17, 15) is 5.11 Å². The lowest BCUT2D eigenvalue weighted by atomic mass is 9.89. The quantitative estimate of drug-likeness (QED) is 0.522. The highest BCUT2D eigenvalue weighted by Crippen LogP contribution is 2.41. The lowest BCUT2D eigenvalue weighted by molar-refractivity contribution is 0.129. The number of hydrogen-bond acceptors (Lipinski definition) is 1. The van der Waals surface area contributed by atoms with E-state index in [4.69, 9.17) is 0 Å². The minimum atomic E-state index is 0.0671. The SMILES string of the molecule is O[C@H]1C[C@@H]2CCC[C@H]1C2. The summed E-state index contributed by atoms with van der Waals surface area (Å²) in [5.41, 5.74) is 0. The summed E-state index contributed by atoms with van der Waals surface area (Å²) in [4.78, 5) is 0. The summed E-state index contributed by atoms with van der Waals surface area (Å²) in [5.74, 6) is 1.57. The van der Waals surface area contributed by atoms with Crippen LogP contribution in [0.15, 0.2) is 0 Å². The molecular weight excluding hydrogens is 112 g/mol. The van der Waals surface area contributed by atoms with Gasteiger partial charge in [0.1, 0.15) is 0 Å². The summed E-state index contributed by atoms with van der Waals surface area (Å²) in [7, 11) is 0. The van der Waals surface area contributed by atoms with Crippen LogP contribution in [0.2, 0.25) is 0 Å². The number of fused-ring (bicyclic) bond motifs is 2. The molecule has 1 nitrogen and oxygen atoms in total. The molecule has 2 aliphatic rings. The molecule has 0 aromatic carbocycles. The summed E-state index contributed by atoms with van der Waals surface area (Å²) in [6, 6.07) is 0. The van der Waals surface area contributed by atoms with Crippen molar-refractivity contribution in [3.05, 3.63) is 0 Å². The van der Waals surface area contributed by atoms with E-state index in [-0.39, 0.29) is 6.10 Å². The van der Waals surface area contributed by atoms with Gasteiger partial charge >= 0.3 is 0 Å². The van der Waals surface area contributed by atoms with Crippen LogP contribution in [0.3, 0.4) is 0 Å². The Kier molecular flexibility index (Phi) is 1.26. The van der Waals surface area contributed by atoms with Crippen LogP contribution in [0.25, 0.3) is 0 Å². The molecule has 1 heteroatoms. The van der Waals surface area contributed by atoms with E-state index >= 15 is 0 Å². The van der Waals surface area contributed by atoms with Crippen molar-refractivity contribution in [1.82, 2.24) is 0 Å². The van der Waals surface area contributed by atoms with E-state index < -0.39 is 0 Å². The maximum absolute atomic E-state index is 9.40. The van der Waals surface area contributed by atoms with Gasteiger partial charge in [-0.3, -0.25) is 0 Å². The minimum absolute atomic E-state index is 0.0671. The molecule has 0 heterocycles. The summed E-state index contributed by atoms with van der Waals surface area (Å²) in [6.07, 6.45) is 6.53. The predicted octanol–water partition coefficient (Wildman–Crippen LogP) is 1.56. The molecule has 0 radical (unpaired) electrons. The Labute approximate surface area is 56.1 Å². The minimum Gasteiger partial charge on any atom is -0.393 e. The van der Waals surface area contributed by atoms with Crippen LogP contribution in [-0.2, 0) is 0 Å².